The van der Waals surface area contributed by atoms with Crippen molar-refractivity contribution in [2.45, 2.75) is 19.0 Å². The van der Waals surface area contributed by atoms with Crippen LogP contribution in [0.15, 0.2) is 5.38 Å². The minimum Gasteiger partial charge on any atom is -0.476 e. The van der Waals surface area contributed by atoms with Crippen molar-refractivity contribution in [1.29, 1.82) is 0 Å². The molecule has 1 atom stereocenters. The predicted octanol–water partition coefficient (Wildman–Crippen LogP) is 0.911. The fraction of sp³-hybridized carbons (Fsp3) is 0.538. The first-order valence-electron chi connectivity index (χ1n) is 6.95. The Hall–Kier alpha value is -2.17. The van der Waals surface area contributed by atoms with Gasteiger partial charge < -0.3 is 15.3 Å². The Morgan fingerprint density at radius 1 is 1.46 bits per heavy atom. The maximum atomic E-state index is 12.3. The van der Waals surface area contributed by atoms with Gasteiger partial charge >= 0.3 is 12.1 Å². The Balaban J connectivity index is 1.78. The number of alkyl halides is 3. The Morgan fingerprint density at radius 3 is 2.75 bits per heavy atom. The second-order valence-corrected chi connectivity index (χ2v) is 6.21. The number of carboxylic acid groups (broad SMARTS) is 1. The molecule has 0 spiro atoms. The number of thiazole rings is 1. The molecule has 1 aliphatic heterocycles. The van der Waals surface area contributed by atoms with Gasteiger partial charge in [0.15, 0.2) is 5.69 Å². The number of amides is 2. The molecule has 2 N–H and O–H groups in total. The first-order valence-corrected chi connectivity index (χ1v) is 7.83. The van der Waals surface area contributed by atoms with Crippen LogP contribution in [0.25, 0.3) is 0 Å². The molecule has 0 radical (unpaired) electrons. The van der Waals surface area contributed by atoms with Crippen LogP contribution in [0.5, 0.6) is 0 Å². The molecule has 11 heteroatoms. The van der Waals surface area contributed by atoms with Crippen molar-refractivity contribution in [3.05, 3.63) is 16.1 Å². The lowest BCUT2D eigenvalue weighted by molar-refractivity contribution is -0.157. The van der Waals surface area contributed by atoms with Crippen molar-refractivity contribution < 1.29 is 32.7 Å². The van der Waals surface area contributed by atoms with Crippen molar-refractivity contribution >= 4 is 29.1 Å². The Kier molecular flexibility index (Phi) is 5.42. The molecule has 24 heavy (non-hydrogen) atoms. The molecule has 0 aliphatic carbocycles. The van der Waals surface area contributed by atoms with Crippen molar-refractivity contribution in [2.24, 2.45) is 5.92 Å². The molecule has 1 unspecified atom stereocenters. The largest absolute Gasteiger partial charge is 0.476 e. The summed E-state index contributed by atoms with van der Waals surface area (Å²) in [7, 11) is 0. The number of carbonyl (C=O) groups is 3. The summed E-state index contributed by atoms with van der Waals surface area (Å²) in [5, 5.41) is 13.2. The summed E-state index contributed by atoms with van der Waals surface area (Å²) < 4.78 is 36.9. The molecule has 0 saturated carbocycles. The molecule has 1 saturated heterocycles. The van der Waals surface area contributed by atoms with E-state index in [2.05, 4.69) is 10.3 Å². The van der Waals surface area contributed by atoms with E-state index in [1.165, 1.54) is 5.38 Å². The van der Waals surface area contributed by atoms with E-state index >= 15 is 0 Å². The number of rotatable bonds is 6. The molecule has 0 aromatic carbocycles. The number of halogens is 3. The van der Waals surface area contributed by atoms with Crippen molar-refractivity contribution in [2.75, 3.05) is 19.6 Å². The van der Waals surface area contributed by atoms with Crippen LogP contribution in [0.1, 0.15) is 21.9 Å². The van der Waals surface area contributed by atoms with E-state index in [1.54, 1.807) is 0 Å². The molecule has 0 bridgehead atoms. The maximum Gasteiger partial charge on any atom is 0.406 e. The number of carbonyl (C=O) groups excluding carboxylic acids is 2. The first-order chi connectivity index (χ1) is 11.2. The van der Waals surface area contributed by atoms with E-state index in [4.69, 9.17) is 5.11 Å². The summed E-state index contributed by atoms with van der Waals surface area (Å²) in [4.78, 5) is 38.6. The third-order valence-electron chi connectivity index (χ3n) is 3.36. The van der Waals surface area contributed by atoms with E-state index in [0.29, 0.717) is 16.3 Å². The Morgan fingerprint density at radius 2 is 2.17 bits per heavy atom. The van der Waals surface area contributed by atoms with Crippen LogP contribution in [-0.4, -0.2) is 58.6 Å². The highest BCUT2D eigenvalue weighted by Crippen LogP contribution is 2.23. The molecule has 2 rings (SSSR count). The van der Waals surface area contributed by atoms with Gasteiger partial charge in [-0.05, 0) is 0 Å². The highest BCUT2D eigenvalue weighted by atomic mass is 32.1. The van der Waals surface area contributed by atoms with Crippen LogP contribution >= 0.6 is 11.3 Å². The van der Waals surface area contributed by atoms with Gasteiger partial charge in [0.1, 0.15) is 6.54 Å². The summed E-state index contributed by atoms with van der Waals surface area (Å²) in [6.45, 7) is -1.45. The number of aromatic nitrogens is 1. The number of nitrogens with one attached hydrogen (secondary N) is 1. The van der Waals surface area contributed by atoms with Crippen LogP contribution in [0.2, 0.25) is 0 Å². The molecular formula is C13H14F3N3O4S. The van der Waals surface area contributed by atoms with E-state index in [9.17, 15) is 27.6 Å². The number of hydrogen-bond donors (Lipinski definition) is 2. The Bertz CT molecular complexity index is 647. The Labute approximate surface area is 138 Å². The normalized spacial score (nSPS) is 18.0. The standard InChI is InChI=1S/C13H14F3N3O4S/c14-13(15,16)6-19-4-7(3-10(19)20)11(21)17-2-1-9-18-8(5-24-9)12(22)23/h5,7H,1-4,6H2,(H,17,21)(H,22,23). The zero-order valence-corrected chi connectivity index (χ0v) is 13.1. The van der Waals surface area contributed by atoms with Crippen LogP contribution in [-0.2, 0) is 16.0 Å². The van der Waals surface area contributed by atoms with Gasteiger partial charge in [-0.3, -0.25) is 9.59 Å². The molecule has 1 aromatic rings. The smallest absolute Gasteiger partial charge is 0.406 e. The summed E-state index contributed by atoms with van der Waals surface area (Å²) >= 11 is 1.14. The summed E-state index contributed by atoms with van der Waals surface area (Å²) in [6.07, 6.45) is -4.44. The van der Waals surface area contributed by atoms with Crippen molar-refractivity contribution in [3.63, 3.8) is 0 Å². The van der Waals surface area contributed by atoms with Crippen molar-refractivity contribution in [3.8, 4) is 0 Å². The second kappa shape index (κ2) is 7.16. The fourth-order valence-electron chi connectivity index (χ4n) is 2.28. The van der Waals surface area contributed by atoms with Gasteiger partial charge in [-0.1, -0.05) is 0 Å². The summed E-state index contributed by atoms with van der Waals surface area (Å²) in [5.41, 5.74) is -0.0782. The summed E-state index contributed by atoms with van der Waals surface area (Å²) in [5.74, 6) is -3.15. The van der Waals surface area contributed by atoms with Gasteiger partial charge in [0.2, 0.25) is 11.8 Å². The first kappa shape index (κ1) is 18.2. The zero-order valence-electron chi connectivity index (χ0n) is 12.3. The molecular weight excluding hydrogens is 351 g/mol. The lowest BCUT2D eigenvalue weighted by atomic mass is 10.1. The molecule has 1 aromatic heterocycles. The highest BCUT2D eigenvalue weighted by molar-refractivity contribution is 7.09. The minimum absolute atomic E-state index is 0.0782. The number of carboxylic acids is 1. The molecule has 132 valence electrons. The summed E-state index contributed by atoms with van der Waals surface area (Å²) in [6, 6.07) is 0. The van der Waals surface area contributed by atoms with Gasteiger partial charge in [0, 0.05) is 31.3 Å². The SMILES string of the molecule is O=C(O)c1csc(CCNC(=O)C2CC(=O)N(CC(F)(F)F)C2)n1. The second-order valence-electron chi connectivity index (χ2n) is 5.26. The van der Waals surface area contributed by atoms with E-state index in [0.717, 1.165) is 11.3 Å². The lowest BCUT2D eigenvalue weighted by Crippen LogP contribution is -2.37. The van der Waals surface area contributed by atoms with E-state index in [-0.39, 0.29) is 25.2 Å². The van der Waals surface area contributed by atoms with E-state index < -0.39 is 36.4 Å². The average Bonchev–Trinajstić information content (AvgIpc) is 3.05. The molecule has 2 heterocycles. The third kappa shape index (κ3) is 4.91. The molecule has 1 aliphatic rings. The molecule has 1 fully saturated rings. The predicted molar refractivity (Wildman–Crippen MR) is 76.5 cm³/mol. The zero-order chi connectivity index (χ0) is 17.9. The highest BCUT2D eigenvalue weighted by Gasteiger charge is 2.40. The number of nitrogens with zero attached hydrogens (tertiary/aromatic N) is 2. The van der Waals surface area contributed by atoms with Gasteiger partial charge in [0.25, 0.3) is 0 Å². The topological polar surface area (TPSA) is 99.6 Å². The van der Waals surface area contributed by atoms with Gasteiger partial charge in [-0.2, -0.15) is 13.2 Å². The lowest BCUT2D eigenvalue weighted by Gasteiger charge is -2.18. The van der Waals surface area contributed by atoms with Gasteiger partial charge in [0.05, 0.1) is 10.9 Å². The van der Waals surface area contributed by atoms with Crippen LogP contribution < -0.4 is 5.32 Å². The van der Waals surface area contributed by atoms with Crippen LogP contribution in [0.4, 0.5) is 13.2 Å². The number of hydrogen-bond acceptors (Lipinski definition) is 5. The fourth-order valence-corrected chi connectivity index (χ4v) is 3.05. The number of likely N-dealkylation sites (tertiary alicyclic amines) is 1. The third-order valence-corrected chi connectivity index (χ3v) is 4.27. The van der Waals surface area contributed by atoms with Crippen molar-refractivity contribution in [1.82, 2.24) is 15.2 Å². The number of aromatic carboxylic acids is 1. The average molecular weight is 365 g/mol. The van der Waals surface area contributed by atoms with Crippen LogP contribution in [0, 0.1) is 5.92 Å². The maximum absolute atomic E-state index is 12.3. The van der Waals surface area contributed by atoms with E-state index in [1.807, 2.05) is 0 Å². The van der Waals surface area contributed by atoms with Crippen LogP contribution in [0.3, 0.4) is 0 Å². The molecule has 2 amide bonds. The van der Waals surface area contributed by atoms with Gasteiger partial charge in [-0.15, -0.1) is 11.3 Å². The quantitative estimate of drug-likeness (QED) is 0.781. The molecule has 7 nitrogen and oxygen atoms in total. The van der Waals surface area contributed by atoms with Gasteiger partial charge in [-0.25, -0.2) is 9.78 Å². The minimum atomic E-state index is -4.49. The monoisotopic (exact) mass is 365 g/mol.